The Hall–Kier alpha value is -1.64. The number of carbonyl (C=O) groups is 1. The van der Waals surface area contributed by atoms with E-state index in [0.717, 1.165) is 49.7 Å². The number of thioether (sulfide) groups is 1. The Morgan fingerprint density at radius 3 is 2.50 bits per heavy atom. The number of benzene rings is 1. The number of rotatable bonds is 5. The summed E-state index contributed by atoms with van der Waals surface area (Å²) in [6.45, 7) is 3.21. The van der Waals surface area contributed by atoms with E-state index in [1.165, 1.54) is 16.0 Å². The maximum atomic E-state index is 10.6. The van der Waals surface area contributed by atoms with E-state index < -0.39 is 12.1 Å². The normalized spacial score (nSPS) is 13.9. The van der Waals surface area contributed by atoms with E-state index in [9.17, 15) is 13.2 Å². The van der Waals surface area contributed by atoms with Crippen LogP contribution in [0.3, 0.4) is 0 Å². The standard InChI is InChI=1S/C17H21ClN2S.C2HF3O2/c18-16-5-4-14-6-8-19-9-7-15(14)17(16)21-13-3-12-20-10-1-2-11-20;3-2(4,5)1(6)7/h1-2,4-5,10-11,19H,3,6-9,12-13H2;(H,6,7). The van der Waals surface area contributed by atoms with E-state index in [2.05, 4.69) is 46.5 Å². The average Bonchev–Trinajstić information content (AvgIpc) is 3.03. The van der Waals surface area contributed by atoms with E-state index in [4.69, 9.17) is 21.5 Å². The van der Waals surface area contributed by atoms with Gasteiger partial charge in [-0.25, -0.2) is 4.79 Å². The van der Waals surface area contributed by atoms with Crippen LogP contribution in [-0.2, 0) is 24.2 Å². The molecule has 0 bridgehead atoms. The molecule has 0 aliphatic carbocycles. The van der Waals surface area contributed by atoms with Crippen molar-refractivity contribution >= 4 is 29.3 Å². The van der Waals surface area contributed by atoms with Gasteiger partial charge in [0.15, 0.2) is 0 Å². The summed E-state index contributed by atoms with van der Waals surface area (Å²) in [4.78, 5) is 10.2. The Morgan fingerprint density at radius 2 is 1.86 bits per heavy atom. The van der Waals surface area contributed by atoms with Crippen LogP contribution in [0.15, 0.2) is 41.6 Å². The van der Waals surface area contributed by atoms with Crippen molar-refractivity contribution in [2.24, 2.45) is 0 Å². The fourth-order valence-corrected chi connectivity index (χ4v) is 4.24. The summed E-state index contributed by atoms with van der Waals surface area (Å²) in [6.07, 6.45) is 2.53. The summed E-state index contributed by atoms with van der Waals surface area (Å²) in [5.41, 5.74) is 2.94. The molecule has 9 heteroatoms. The van der Waals surface area contributed by atoms with E-state index in [-0.39, 0.29) is 0 Å². The smallest absolute Gasteiger partial charge is 0.475 e. The highest BCUT2D eigenvalue weighted by molar-refractivity contribution is 7.99. The second kappa shape index (κ2) is 10.8. The molecule has 0 saturated heterocycles. The molecule has 0 saturated carbocycles. The van der Waals surface area contributed by atoms with Crippen LogP contribution in [0.25, 0.3) is 0 Å². The van der Waals surface area contributed by atoms with Gasteiger partial charge < -0.3 is 15.0 Å². The van der Waals surface area contributed by atoms with E-state index >= 15 is 0 Å². The lowest BCUT2D eigenvalue weighted by molar-refractivity contribution is -0.192. The van der Waals surface area contributed by atoms with Crippen LogP contribution in [0.5, 0.6) is 0 Å². The molecule has 0 spiro atoms. The number of halogens is 4. The molecule has 0 unspecified atom stereocenters. The van der Waals surface area contributed by atoms with Crippen LogP contribution in [0.2, 0.25) is 5.02 Å². The van der Waals surface area contributed by atoms with Gasteiger partial charge in [-0.3, -0.25) is 0 Å². The number of aromatic nitrogens is 1. The van der Waals surface area contributed by atoms with Crippen molar-refractivity contribution < 1.29 is 23.1 Å². The largest absolute Gasteiger partial charge is 0.490 e. The lowest BCUT2D eigenvalue weighted by Crippen LogP contribution is -2.21. The molecule has 2 N–H and O–H groups in total. The molecule has 28 heavy (non-hydrogen) atoms. The number of alkyl halides is 3. The Balaban J connectivity index is 0.000000345. The quantitative estimate of drug-likeness (QED) is 0.531. The van der Waals surface area contributed by atoms with Crippen molar-refractivity contribution in [2.45, 2.75) is 36.9 Å². The number of nitrogens with one attached hydrogen (secondary N) is 1. The predicted octanol–water partition coefficient (Wildman–Crippen LogP) is 4.65. The molecular formula is C19H22ClF3N2O2S. The lowest BCUT2D eigenvalue weighted by Gasteiger charge is -2.14. The number of fused-ring (bicyclic) bond motifs is 1. The number of hydrogen-bond donors (Lipinski definition) is 2. The third-order valence-electron chi connectivity index (χ3n) is 4.15. The van der Waals surface area contributed by atoms with E-state index in [1.807, 2.05) is 11.8 Å². The van der Waals surface area contributed by atoms with Crippen molar-refractivity contribution in [1.82, 2.24) is 9.88 Å². The van der Waals surface area contributed by atoms with Gasteiger partial charge in [-0.1, -0.05) is 17.7 Å². The molecule has 1 aliphatic rings. The second-order valence-corrected chi connectivity index (χ2v) is 7.70. The van der Waals surface area contributed by atoms with E-state index in [0.29, 0.717) is 0 Å². The van der Waals surface area contributed by atoms with E-state index in [1.54, 1.807) is 0 Å². The number of nitrogens with zero attached hydrogens (tertiary/aromatic N) is 1. The maximum absolute atomic E-state index is 10.6. The molecule has 4 nitrogen and oxygen atoms in total. The highest BCUT2D eigenvalue weighted by Crippen LogP contribution is 2.34. The number of carboxylic acid groups (broad SMARTS) is 1. The minimum Gasteiger partial charge on any atom is -0.475 e. The summed E-state index contributed by atoms with van der Waals surface area (Å²) in [6, 6.07) is 8.43. The summed E-state index contributed by atoms with van der Waals surface area (Å²) < 4.78 is 34.0. The topological polar surface area (TPSA) is 54.3 Å². The van der Waals surface area contributed by atoms with Gasteiger partial charge in [-0.05, 0) is 67.4 Å². The molecule has 2 aromatic rings. The van der Waals surface area contributed by atoms with Crippen molar-refractivity contribution in [3.05, 3.63) is 52.8 Å². The van der Waals surface area contributed by atoms with Crippen molar-refractivity contribution in [1.29, 1.82) is 0 Å². The fraction of sp³-hybridized carbons (Fsp3) is 0.421. The lowest BCUT2D eigenvalue weighted by atomic mass is 10.0. The fourth-order valence-electron chi connectivity index (χ4n) is 2.81. The monoisotopic (exact) mass is 434 g/mol. The van der Waals surface area contributed by atoms with Gasteiger partial charge in [-0.15, -0.1) is 11.8 Å². The number of hydrogen-bond acceptors (Lipinski definition) is 3. The number of aliphatic carboxylic acids is 1. The first-order valence-electron chi connectivity index (χ1n) is 8.83. The molecule has 1 aromatic heterocycles. The van der Waals surface area contributed by atoms with Gasteiger partial charge in [0.05, 0.1) is 5.02 Å². The van der Waals surface area contributed by atoms with Gasteiger partial charge >= 0.3 is 12.1 Å². The van der Waals surface area contributed by atoms with Gasteiger partial charge in [0.25, 0.3) is 0 Å². The summed E-state index contributed by atoms with van der Waals surface area (Å²) in [7, 11) is 0. The Morgan fingerprint density at radius 1 is 1.21 bits per heavy atom. The average molecular weight is 435 g/mol. The molecular weight excluding hydrogens is 413 g/mol. The molecule has 1 aromatic carbocycles. The predicted molar refractivity (Wildman–Crippen MR) is 105 cm³/mol. The first-order valence-corrected chi connectivity index (χ1v) is 10.2. The highest BCUT2D eigenvalue weighted by Gasteiger charge is 2.38. The zero-order valence-electron chi connectivity index (χ0n) is 15.1. The van der Waals surface area contributed by atoms with Crippen molar-refractivity contribution in [2.75, 3.05) is 18.8 Å². The Labute approximate surface area is 171 Å². The molecule has 1 aliphatic heterocycles. The highest BCUT2D eigenvalue weighted by atomic mass is 35.5. The SMILES string of the molecule is Clc1ccc2c(c1SCCCn1cccc1)CCNCC2.O=C(O)C(F)(F)F. The molecule has 3 rings (SSSR count). The summed E-state index contributed by atoms with van der Waals surface area (Å²) >= 11 is 8.37. The first kappa shape index (κ1) is 22.6. The van der Waals surface area contributed by atoms with Gasteiger partial charge in [0, 0.05) is 23.8 Å². The van der Waals surface area contributed by atoms with Crippen LogP contribution < -0.4 is 5.32 Å². The van der Waals surface area contributed by atoms with Crippen molar-refractivity contribution in [3.63, 3.8) is 0 Å². The number of aryl methyl sites for hydroxylation is 1. The molecule has 0 fully saturated rings. The molecule has 0 radical (unpaired) electrons. The Kier molecular flexibility index (Phi) is 8.72. The summed E-state index contributed by atoms with van der Waals surface area (Å²) in [5, 5.41) is 11.5. The minimum atomic E-state index is -5.08. The van der Waals surface area contributed by atoms with Gasteiger partial charge in [-0.2, -0.15) is 13.2 Å². The number of carboxylic acids is 1. The molecule has 154 valence electrons. The van der Waals surface area contributed by atoms with Crippen LogP contribution in [-0.4, -0.2) is 40.7 Å². The van der Waals surface area contributed by atoms with Crippen LogP contribution >= 0.6 is 23.4 Å². The zero-order valence-corrected chi connectivity index (χ0v) is 16.7. The maximum Gasteiger partial charge on any atom is 0.490 e. The van der Waals surface area contributed by atoms with Crippen molar-refractivity contribution in [3.8, 4) is 0 Å². The minimum absolute atomic E-state index is 0.918. The molecule has 2 heterocycles. The Bertz CT molecular complexity index is 767. The van der Waals surface area contributed by atoms with Crippen LogP contribution in [0.4, 0.5) is 13.2 Å². The molecule has 0 amide bonds. The third-order valence-corrected chi connectivity index (χ3v) is 5.82. The zero-order chi connectivity index (χ0) is 20.6. The van der Waals surface area contributed by atoms with Crippen LogP contribution in [0.1, 0.15) is 17.5 Å². The van der Waals surface area contributed by atoms with Gasteiger partial charge in [0.2, 0.25) is 0 Å². The van der Waals surface area contributed by atoms with Gasteiger partial charge in [0.1, 0.15) is 0 Å². The second-order valence-electron chi connectivity index (χ2n) is 6.19. The third kappa shape index (κ3) is 7.07. The summed E-state index contributed by atoms with van der Waals surface area (Å²) in [5.74, 6) is -1.64. The first-order chi connectivity index (χ1) is 13.3. The molecule has 0 atom stereocenters. The van der Waals surface area contributed by atoms with Crippen LogP contribution in [0, 0.1) is 0 Å².